The van der Waals surface area contributed by atoms with Crippen molar-refractivity contribution in [1.82, 2.24) is 19.5 Å². The largest absolute Gasteiger partial charge is 0.456 e. The summed E-state index contributed by atoms with van der Waals surface area (Å²) in [6.45, 7) is 0. The first-order chi connectivity index (χ1) is 29.2. The van der Waals surface area contributed by atoms with Crippen LogP contribution in [0.2, 0.25) is 0 Å². The van der Waals surface area contributed by atoms with Crippen LogP contribution in [0.1, 0.15) is 11.1 Å². The molecule has 0 radical (unpaired) electrons. The highest BCUT2D eigenvalue weighted by atomic mass is 32.1. The van der Waals surface area contributed by atoms with Crippen LogP contribution in [0.4, 0.5) is 0 Å². The second kappa shape index (κ2) is 13.6. The molecule has 0 spiro atoms. The molecule has 6 heteroatoms. The quantitative estimate of drug-likeness (QED) is 0.162. The molecule has 0 aliphatic rings. The van der Waals surface area contributed by atoms with E-state index >= 15 is 0 Å². The Hall–Kier alpha value is -7.41. The topological polar surface area (TPSA) is 56.7 Å². The molecule has 278 valence electrons. The molecule has 0 atom stereocenters. The van der Waals surface area contributed by atoms with E-state index in [9.17, 15) is 0 Å². The van der Waals surface area contributed by atoms with E-state index in [1.807, 2.05) is 72.0 Å². The van der Waals surface area contributed by atoms with Crippen molar-refractivity contribution in [1.29, 1.82) is 0 Å². The molecule has 0 unspecified atom stereocenters. The first-order valence-corrected chi connectivity index (χ1v) is 20.8. The van der Waals surface area contributed by atoms with E-state index in [2.05, 4.69) is 126 Å². The number of hydrogen-bond acceptors (Lipinski definition) is 5. The average molecular weight is 775 g/mol. The van der Waals surface area contributed by atoms with Crippen molar-refractivity contribution in [3.8, 4) is 39.9 Å². The molecule has 5 nitrogen and oxygen atoms in total. The van der Waals surface area contributed by atoms with E-state index in [0.29, 0.717) is 17.5 Å². The monoisotopic (exact) mass is 774 g/mol. The second-order valence-electron chi connectivity index (χ2n) is 15.1. The minimum atomic E-state index is 0.664. The maximum Gasteiger partial charge on any atom is 0.164 e. The molecule has 0 N–H and O–H groups in total. The number of aryl methyl sites for hydroxylation is 2. The van der Waals surface area contributed by atoms with Gasteiger partial charge in [0.2, 0.25) is 0 Å². The summed E-state index contributed by atoms with van der Waals surface area (Å²) in [6, 6.07) is 64.2. The van der Waals surface area contributed by atoms with E-state index in [-0.39, 0.29) is 0 Å². The molecule has 0 aliphatic heterocycles. The van der Waals surface area contributed by atoms with E-state index in [4.69, 9.17) is 19.4 Å². The molecule has 59 heavy (non-hydrogen) atoms. The Labute approximate surface area is 343 Å². The molecule has 0 amide bonds. The van der Waals surface area contributed by atoms with Gasteiger partial charge in [-0.15, -0.1) is 11.3 Å². The Morgan fingerprint density at radius 2 is 1.03 bits per heavy atom. The van der Waals surface area contributed by atoms with Crippen molar-refractivity contribution < 1.29 is 4.42 Å². The lowest BCUT2D eigenvalue weighted by atomic mass is 9.98. The molecule has 12 aromatic rings. The summed E-state index contributed by atoms with van der Waals surface area (Å²) < 4.78 is 11.5. The number of fused-ring (bicyclic) bond motifs is 9. The third kappa shape index (κ3) is 5.64. The molecule has 0 fully saturated rings. The van der Waals surface area contributed by atoms with Gasteiger partial charge >= 0.3 is 0 Å². The second-order valence-corrected chi connectivity index (χ2v) is 16.2. The van der Waals surface area contributed by atoms with E-state index in [1.54, 1.807) is 0 Å². The molecular weight excluding hydrogens is 741 g/mol. The van der Waals surface area contributed by atoms with Crippen molar-refractivity contribution in [3.05, 3.63) is 193 Å². The zero-order valence-corrected chi connectivity index (χ0v) is 32.7. The lowest BCUT2D eigenvalue weighted by Gasteiger charge is -2.11. The maximum absolute atomic E-state index is 6.58. The van der Waals surface area contributed by atoms with Gasteiger partial charge in [0, 0.05) is 53.0 Å². The number of hydrogen-bond donors (Lipinski definition) is 0. The highest BCUT2D eigenvalue weighted by Crippen LogP contribution is 2.41. The fourth-order valence-corrected chi connectivity index (χ4v) is 9.96. The van der Waals surface area contributed by atoms with Crippen molar-refractivity contribution >= 4 is 75.3 Å². The summed E-state index contributed by atoms with van der Waals surface area (Å²) in [5.41, 5.74) is 10.9. The number of rotatable bonds is 7. The summed E-state index contributed by atoms with van der Waals surface area (Å²) in [7, 11) is 0. The van der Waals surface area contributed by atoms with Crippen LogP contribution in [0.3, 0.4) is 0 Å². The minimum absolute atomic E-state index is 0.664. The molecule has 0 bridgehead atoms. The van der Waals surface area contributed by atoms with Gasteiger partial charge in [0.05, 0.1) is 22.1 Å². The van der Waals surface area contributed by atoms with Gasteiger partial charge in [-0.2, -0.15) is 0 Å². The predicted octanol–water partition coefficient (Wildman–Crippen LogP) is 14.0. The summed E-state index contributed by atoms with van der Waals surface area (Å²) in [5.74, 6) is 2.00. The number of benzene rings is 8. The van der Waals surface area contributed by atoms with Crippen LogP contribution in [0.5, 0.6) is 0 Å². The van der Waals surface area contributed by atoms with Crippen molar-refractivity contribution in [2.75, 3.05) is 0 Å². The van der Waals surface area contributed by atoms with Gasteiger partial charge in [-0.05, 0) is 72.5 Å². The highest BCUT2D eigenvalue weighted by molar-refractivity contribution is 7.25. The standard InChI is InChI=1S/C53H34N4OS/c1-3-13-35(14-4-1)51-54-52(36-15-5-2-6-16-36)56-53(55-51)37-28-29-40-41-31-33(26-30-47(41)59-48(40)32-37)25-27-34-17-11-23-45-49(34)50-44(22-12-24-46(50)58-45)57-42-20-9-7-18-38(42)39-19-8-10-21-43(39)57/h1-24,26,28-32H,25,27H2. The smallest absolute Gasteiger partial charge is 0.164 e. The van der Waals surface area contributed by atoms with E-state index in [1.165, 1.54) is 58.5 Å². The zero-order valence-electron chi connectivity index (χ0n) is 31.8. The summed E-state index contributed by atoms with van der Waals surface area (Å²) >= 11 is 1.82. The van der Waals surface area contributed by atoms with Gasteiger partial charge in [-0.1, -0.05) is 133 Å². The number of aromatic nitrogens is 4. The van der Waals surface area contributed by atoms with Crippen molar-refractivity contribution in [2.45, 2.75) is 12.8 Å². The minimum Gasteiger partial charge on any atom is -0.456 e. The highest BCUT2D eigenvalue weighted by Gasteiger charge is 2.20. The van der Waals surface area contributed by atoms with E-state index in [0.717, 1.165) is 51.8 Å². The van der Waals surface area contributed by atoms with Gasteiger partial charge < -0.3 is 8.98 Å². The van der Waals surface area contributed by atoms with Gasteiger partial charge in [-0.3, -0.25) is 0 Å². The van der Waals surface area contributed by atoms with Crippen LogP contribution >= 0.6 is 11.3 Å². The third-order valence-corrected chi connectivity index (χ3v) is 12.7. The first kappa shape index (κ1) is 33.7. The summed E-state index contributed by atoms with van der Waals surface area (Å²) in [5, 5.41) is 7.38. The van der Waals surface area contributed by atoms with Crippen LogP contribution in [-0.4, -0.2) is 19.5 Å². The summed E-state index contributed by atoms with van der Waals surface area (Å²) in [6.07, 6.45) is 1.79. The summed E-state index contributed by atoms with van der Waals surface area (Å²) in [4.78, 5) is 14.9. The number of thiophene rings is 1. The van der Waals surface area contributed by atoms with Crippen LogP contribution in [0.15, 0.2) is 186 Å². The Morgan fingerprint density at radius 1 is 0.424 bits per heavy atom. The molecule has 12 rings (SSSR count). The Bertz CT molecular complexity index is 3450. The fourth-order valence-electron chi connectivity index (χ4n) is 8.83. The zero-order chi connectivity index (χ0) is 38.9. The van der Waals surface area contributed by atoms with Crippen LogP contribution in [0, 0.1) is 0 Å². The molecule has 0 aliphatic carbocycles. The lowest BCUT2D eigenvalue weighted by molar-refractivity contribution is 0.668. The third-order valence-electron chi connectivity index (χ3n) is 11.6. The molecular formula is C53H34N4OS. The van der Waals surface area contributed by atoms with Crippen LogP contribution < -0.4 is 0 Å². The average Bonchev–Trinajstić information content (AvgIpc) is 3.98. The Kier molecular flexibility index (Phi) is 7.78. The number of para-hydroxylation sites is 2. The lowest BCUT2D eigenvalue weighted by Crippen LogP contribution is -1.99. The molecule has 8 aromatic carbocycles. The van der Waals surface area contributed by atoms with Crippen molar-refractivity contribution in [2.24, 2.45) is 0 Å². The van der Waals surface area contributed by atoms with Crippen molar-refractivity contribution in [3.63, 3.8) is 0 Å². The normalized spacial score (nSPS) is 11.9. The van der Waals surface area contributed by atoms with Gasteiger partial charge in [0.25, 0.3) is 0 Å². The Morgan fingerprint density at radius 3 is 1.73 bits per heavy atom. The van der Waals surface area contributed by atoms with E-state index < -0.39 is 0 Å². The molecule has 4 heterocycles. The SMILES string of the molecule is c1ccc(-c2nc(-c3ccccc3)nc(-c3ccc4c(c3)sc3ccc(CCc5cccc6oc7cccc(-n8c9ccccc9c9ccccc98)c7c56)cc34)n2)cc1. The van der Waals surface area contributed by atoms with Gasteiger partial charge in [0.1, 0.15) is 11.2 Å². The van der Waals surface area contributed by atoms with Crippen LogP contribution in [-0.2, 0) is 12.8 Å². The number of nitrogens with zero attached hydrogens (tertiary/aromatic N) is 4. The Balaban J connectivity index is 0.909. The molecule has 0 saturated carbocycles. The number of furan rings is 1. The first-order valence-electron chi connectivity index (χ1n) is 20.0. The van der Waals surface area contributed by atoms with Gasteiger partial charge in [0.15, 0.2) is 17.5 Å². The molecule has 4 aromatic heterocycles. The van der Waals surface area contributed by atoms with Gasteiger partial charge in [-0.25, -0.2) is 15.0 Å². The fraction of sp³-hybridized carbons (Fsp3) is 0.0377. The van der Waals surface area contributed by atoms with Crippen LogP contribution in [0.25, 0.3) is 104 Å². The molecule has 0 saturated heterocycles. The maximum atomic E-state index is 6.58. The predicted molar refractivity (Wildman–Crippen MR) is 244 cm³/mol.